The normalized spacial score (nSPS) is 11.8. The van der Waals surface area contributed by atoms with E-state index in [0.717, 1.165) is 5.56 Å². The molecular formula is C28H27NO7. The van der Waals surface area contributed by atoms with E-state index in [4.69, 9.17) is 18.6 Å². The van der Waals surface area contributed by atoms with E-state index < -0.39 is 23.7 Å². The zero-order valence-electron chi connectivity index (χ0n) is 20.3. The molecule has 4 aromatic rings. The standard InChI is InChI=1S/C28H27NO7/c1-4-8-23(29-28(32)34-16-18-9-6-5-7-10-18)27(31)35-24-14-13-21-20-12-11-19(33-3)15-22(20)26(30)36-25(21)17(24)2/h5-7,9-15,23H,4,8,16H2,1-3H3,(H,29,32). The molecule has 0 saturated heterocycles. The third-order valence-electron chi connectivity index (χ3n) is 5.87. The maximum Gasteiger partial charge on any atom is 0.408 e. The van der Waals surface area contributed by atoms with E-state index in [-0.39, 0.29) is 12.4 Å². The Morgan fingerprint density at radius 1 is 1.00 bits per heavy atom. The van der Waals surface area contributed by atoms with Gasteiger partial charge >= 0.3 is 17.7 Å². The Morgan fingerprint density at radius 2 is 1.75 bits per heavy atom. The SMILES string of the molecule is CCCC(NC(=O)OCc1ccccc1)C(=O)Oc1ccc2c(oc(=O)c3cc(OC)ccc32)c1C. The van der Waals surface area contributed by atoms with Crippen LogP contribution in [-0.2, 0) is 16.1 Å². The second-order valence-electron chi connectivity index (χ2n) is 8.33. The van der Waals surface area contributed by atoms with E-state index in [2.05, 4.69) is 5.32 Å². The first kappa shape index (κ1) is 24.8. The Morgan fingerprint density at radius 3 is 2.47 bits per heavy atom. The van der Waals surface area contributed by atoms with E-state index in [1.807, 2.05) is 37.3 Å². The van der Waals surface area contributed by atoms with Crippen LogP contribution in [0, 0.1) is 6.92 Å². The minimum absolute atomic E-state index is 0.0865. The van der Waals surface area contributed by atoms with Gasteiger partial charge in [0, 0.05) is 16.3 Å². The van der Waals surface area contributed by atoms with Crippen LogP contribution < -0.4 is 20.4 Å². The number of aryl methyl sites for hydroxylation is 1. The Kier molecular flexibility index (Phi) is 7.53. The average molecular weight is 490 g/mol. The van der Waals surface area contributed by atoms with E-state index in [9.17, 15) is 14.4 Å². The number of amides is 1. The van der Waals surface area contributed by atoms with Crippen LogP contribution in [0.15, 0.2) is 69.9 Å². The lowest BCUT2D eigenvalue weighted by Gasteiger charge is -2.18. The molecular weight excluding hydrogens is 462 g/mol. The highest BCUT2D eigenvalue weighted by molar-refractivity contribution is 6.06. The Balaban J connectivity index is 1.53. The van der Waals surface area contributed by atoms with Gasteiger partial charge in [-0.1, -0.05) is 43.7 Å². The van der Waals surface area contributed by atoms with Crippen molar-refractivity contribution < 1.29 is 28.2 Å². The number of benzene rings is 3. The lowest BCUT2D eigenvalue weighted by molar-refractivity contribution is -0.136. The van der Waals surface area contributed by atoms with E-state index in [1.54, 1.807) is 37.3 Å². The minimum atomic E-state index is -0.899. The van der Waals surface area contributed by atoms with Gasteiger partial charge in [0.1, 0.15) is 29.7 Å². The molecule has 0 radical (unpaired) electrons. The summed E-state index contributed by atoms with van der Waals surface area (Å²) in [5.41, 5.74) is 1.14. The molecule has 0 aliphatic carbocycles. The predicted octanol–water partition coefficient (Wildman–Crippen LogP) is 5.26. The molecule has 1 heterocycles. The summed E-state index contributed by atoms with van der Waals surface area (Å²) in [7, 11) is 1.53. The fourth-order valence-corrected chi connectivity index (χ4v) is 3.95. The molecule has 1 unspecified atom stereocenters. The molecule has 1 atom stereocenters. The number of ether oxygens (including phenoxy) is 3. The first-order valence-corrected chi connectivity index (χ1v) is 11.6. The molecule has 0 aliphatic heterocycles. The lowest BCUT2D eigenvalue weighted by atomic mass is 10.0. The van der Waals surface area contributed by atoms with Crippen LogP contribution >= 0.6 is 0 Å². The zero-order chi connectivity index (χ0) is 25.7. The molecule has 8 heteroatoms. The monoisotopic (exact) mass is 489 g/mol. The second kappa shape index (κ2) is 10.9. The van der Waals surface area contributed by atoms with Gasteiger partial charge in [-0.15, -0.1) is 0 Å². The highest BCUT2D eigenvalue weighted by Gasteiger charge is 2.24. The molecule has 0 spiro atoms. The maximum absolute atomic E-state index is 13.0. The Labute approximate surface area is 207 Å². The molecule has 0 bridgehead atoms. The smallest absolute Gasteiger partial charge is 0.408 e. The second-order valence-corrected chi connectivity index (χ2v) is 8.33. The Bertz CT molecular complexity index is 1460. The van der Waals surface area contributed by atoms with Crippen molar-refractivity contribution in [1.82, 2.24) is 5.32 Å². The molecule has 0 aliphatic rings. The number of hydrogen-bond acceptors (Lipinski definition) is 7. The molecule has 0 saturated carbocycles. The summed E-state index contributed by atoms with van der Waals surface area (Å²) in [5, 5.41) is 4.39. The van der Waals surface area contributed by atoms with Gasteiger partial charge in [-0.25, -0.2) is 14.4 Å². The molecule has 1 N–H and O–H groups in total. The number of hydrogen-bond donors (Lipinski definition) is 1. The maximum atomic E-state index is 13.0. The quantitative estimate of drug-likeness (QED) is 0.156. The van der Waals surface area contributed by atoms with Gasteiger partial charge in [0.25, 0.3) is 0 Å². The highest BCUT2D eigenvalue weighted by atomic mass is 16.6. The summed E-state index contributed by atoms with van der Waals surface area (Å²) < 4.78 is 21.7. The van der Waals surface area contributed by atoms with Gasteiger partial charge in [0.15, 0.2) is 0 Å². The minimum Gasteiger partial charge on any atom is -0.497 e. The number of esters is 1. The summed E-state index contributed by atoms with van der Waals surface area (Å²) in [6, 6.07) is 16.9. The van der Waals surface area contributed by atoms with Gasteiger partial charge < -0.3 is 23.9 Å². The summed E-state index contributed by atoms with van der Waals surface area (Å²) in [6.45, 7) is 3.69. The van der Waals surface area contributed by atoms with Gasteiger partial charge in [0.05, 0.1) is 12.5 Å². The van der Waals surface area contributed by atoms with Crippen molar-refractivity contribution >= 4 is 33.8 Å². The van der Waals surface area contributed by atoms with Crippen molar-refractivity contribution in [1.29, 1.82) is 0 Å². The fraction of sp³-hybridized carbons (Fsp3) is 0.250. The van der Waals surface area contributed by atoms with Crippen LogP contribution in [0.3, 0.4) is 0 Å². The molecule has 1 amide bonds. The number of methoxy groups -OCH3 is 1. The average Bonchev–Trinajstić information content (AvgIpc) is 2.89. The summed E-state index contributed by atoms with van der Waals surface area (Å²) in [4.78, 5) is 37.9. The summed E-state index contributed by atoms with van der Waals surface area (Å²) >= 11 is 0. The lowest BCUT2D eigenvalue weighted by Crippen LogP contribution is -2.43. The third-order valence-corrected chi connectivity index (χ3v) is 5.87. The number of carbonyl (C=O) groups excluding carboxylic acids is 2. The van der Waals surface area contributed by atoms with Crippen molar-refractivity contribution in [2.24, 2.45) is 0 Å². The zero-order valence-corrected chi connectivity index (χ0v) is 20.3. The topological polar surface area (TPSA) is 104 Å². The molecule has 36 heavy (non-hydrogen) atoms. The molecule has 0 fully saturated rings. The first-order valence-electron chi connectivity index (χ1n) is 11.6. The number of alkyl carbamates (subject to hydrolysis) is 1. The largest absolute Gasteiger partial charge is 0.497 e. The van der Waals surface area contributed by atoms with Crippen LogP contribution in [0.4, 0.5) is 4.79 Å². The van der Waals surface area contributed by atoms with Crippen molar-refractivity contribution in [3.63, 3.8) is 0 Å². The van der Waals surface area contributed by atoms with Crippen molar-refractivity contribution in [2.45, 2.75) is 39.3 Å². The molecule has 8 nitrogen and oxygen atoms in total. The number of rotatable bonds is 8. The fourth-order valence-electron chi connectivity index (χ4n) is 3.95. The first-order chi connectivity index (χ1) is 17.4. The Hall–Kier alpha value is -4.33. The molecule has 1 aromatic heterocycles. The van der Waals surface area contributed by atoms with E-state index in [0.29, 0.717) is 45.9 Å². The van der Waals surface area contributed by atoms with Crippen molar-refractivity contribution in [2.75, 3.05) is 7.11 Å². The van der Waals surface area contributed by atoms with Crippen LogP contribution in [-0.4, -0.2) is 25.2 Å². The van der Waals surface area contributed by atoms with Crippen molar-refractivity contribution in [3.8, 4) is 11.5 Å². The van der Waals surface area contributed by atoms with E-state index >= 15 is 0 Å². The van der Waals surface area contributed by atoms with Crippen LogP contribution in [0.25, 0.3) is 21.7 Å². The number of carbonyl (C=O) groups is 2. The summed E-state index contributed by atoms with van der Waals surface area (Å²) in [6.07, 6.45) is 0.296. The molecule has 186 valence electrons. The van der Waals surface area contributed by atoms with Crippen LogP contribution in [0.5, 0.6) is 11.5 Å². The van der Waals surface area contributed by atoms with Crippen LogP contribution in [0.2, 0.25) is 0 Å². The van der Waals surface area contributed by atoms with Gasteiger partial charge in [-0.2, -0.15) is 0 Å². The highest BCUT2D eigenvalue weighted by Crippen LogP contribution is 2.32. The molecule has 4 rings (SSSR count). The van der Waals surface area contributed by atoms with Gasteiger partial charge in [-0.3, -0.25) is 0 Å². The number of fused-ring (bicyclic) bond motifs is 3. The third kappa shape index (κ3) is 5.33. The van der Waals surface area contributed by atoms with Crippen LogP contribution in [0.1, 0.15) is 30.9 Å². The van der Waals surface area contributed by atoms with E-state index in [1.165, 1.54) is 7.11 Å². The van der Waals surface area contributed by atoms with Crippen molar-refractivity contribution in [3.05, 3.63) is 82.2 Å². The molecule has 3 aromatic carbocycles. The summed E-state index contributed by atoms with van der Waals surface area (Å²) in [5.74, 6) is 0.154. The number of nitrogens with one attached hydrogen (secondary N) is 1. The predicted molar refractivity (Wildman–Crippen MR) is 135 cm³/mol. The van der Waals surface area contributed by atoms with Gasteiger partial charge in [0.2, 0.25) is 0 Å². The van der Waals surface area contributed by atoms with Gasteiger partial charge in [-0.05, 0) is 49.2 Å².